The molecule has 1 atom stereocenters. The Morgan fingerprint density at radius 2 is 1.97 bits per heavy atom. The minimum absolute atomic E-state index is 0.0192. The molecule has 1 unspecified atom stereocenters. The van der Waals surface area contributed by atoms with Crippen molar-refractivity contribution in [2.75, 3.05) is 33.0 Å². The molecule has 2 aromatic rings. The van der Waals surface area contributed by atoms with E-state index in [1.54, 1.807) is 18.2 Å². The van der Waals surface area contributed by atoms with Crippen molar-refractivity contribution >= 4 is 12.0 Å². The minimum Gasteiger partial charge on any atom is -0.490 e. The maximum atomic E-state index is 12.4. The van der Waals surface area contributed by atoms with Gasteiger partial charge in [-0.05, 0) is 55.7 Å². The van der Waals surface area contributed by atoms with Gasteiger partial charge in [-0.1, -0.05) is 24.3 Å². The van der Waals surface area contributed by atoms with Gasteiger partial charge in [-0.25, -0.2) is 0 Å². The lowest BCUT2D eigenvalue weighted by Gasteiger charge is -2.13. The zero-order valence-corrected chi connectivity index (χ0v) is 18.2. The van der Waals surface area contributed by atoms with Crippen molar-refractivity contribution in [1.29, 1.82) is 5.26 Å². The van der Waals surface area contributed by atoms with Crippen LogP contribution < -0.4 is 19.5 Å². The molecule has 168 valence electrons. The molecule has 1 fully saturated rings. The van der Waals surface area contributed by atoms with Gasteiger partial charge in [0, 0.05) is 13.2 Å². The molecule has 1 N–H and O–H groups in total. The largest absolute Gasteiger partial charge is 0.490 e. The fourth-order valence-electron chi connectivity index (χ4n) is 3.25. The molecule has 0 radical (unpaired) electrons. The van der Waals surface area contributed by atoms with E-state index in [0.717, 1.165) is 18.6 Å². The first-order chi connectivity index (χ1) is 15.7. The van der Waals surface area contributed by atoms with Crippen LogP contribution in [-0.2, 0) is 9.53 Å². The number of para-hydroxylation sites is 1. The molecule has 32 heavy (non-hydrogen) atoms. The zero-order valence-electron chi connectivity index (χ0n) is 18.2. The number of carbonyl (C=O) groups is 1. The van der Waals surface area contributed by atoms with Gasteiger partial charge in [0.05, 0.1) is 12.7 Å². The Labute approximate surface area is 188 Å². The lowest BCUT2D eigenvalue weighted by molar-refractivity contribution is -0.117. The van der Waals surface area contributed by atoms with Gasteiger partial charge in [-0.15, -0.1) is 0 Å². The van der Waals surface area contributed by atoms with Crippen molar-refractivity contribution < 1.29 is 23.7 Å². The van der Waals surface area contributed by atoms with Gasteiger partial charge in [-0.2, -0.15) is 5.26 Å². The smallest absolute Gasteiger partial charge is 0.262 e. The van der Waals surface area contributed by atoms with E-state index in [0.29, 0.717) is 50.0 Å². The van der Waals surface area contributed by atoms with Gasteiger partial charge in [-0.3, -0.25) is 4.79 Å². The number of rotatable bonds is 11. The van der Waals surface area contributed by atoms with Gasteiger partial charge in [0.15, 0.2) is 11.5 Å². The molecule has 7 nitrogen and oxygen atoms in total. The fraction of sp³-hybridized carbons (Fsp3) is 0.360. The predicted molar refractivity (Wildman–Crippen MR) is 121 cm³/mol. The summed E-state index contributed by atoms with van der Waals surface area (Å²) >= 11 is 0. The molecule has 0 aromatic heterocycles. The van der Waals surface area contributed by atoms with Crippen LogP contribution in [0.2, 0.25) is 0 Å². The molecule has 0 saturated carbocycles. The molecule has 0 aliphatic carbocycles. The lowest BCUT2D eigenvalue weighted by atomic mass is 10.1. The molecular formula is C25H28N2O5. The van der Waals surface area contributed by atoms with E-state index in [1.165, 1.54) is 6.08 Å². The third kappa shape index (κ3) is 7.03. The Kier molecular flexibility index (Phi) is 8.96. The van der Waals surface area contributed by atoms with Gasteiger partial charge in [0.2, 0.25) is 0 Å². The number of benzene rings is 2. The van der Waals surface area contributed by atoms with Crippen LogP contribution in [0.15, 0.2) is 54.1 Å². The second-order valence-corrected chi connectivity index (χ2v) is 7.16. The van der Waals surface area contributed by atoms with E-state index >= 15 is 0 Å². The maximum Gasteiger partial charge on any atom is 0.262 e. The molecule has 1 amide bonds. The number of amides is 1. The second kappa shape index (κ2) is 12.4. The number of carbonyl (C=O) groups excluding carboxylic acids is 1. The first kappa shape index (κ1) is 23.2. The summed E-state index contributed by atoms with van der Waals surface area (Å²) in [4.78, 5) is 12.4. The van der Waals surface area contributed by atoms with E-state index in [-0.39, 0.29) is 11.7 Å². The Bertz CT molecular complexity index is 947. The molecule has 3 rings (SSSR count). The van der Waals surface area contributed by atoms with Gasteiger partial charge < -0.3 is 24.3 Å². The number of ether oxygens (including phenoxy) is 4. The van der Waals surface area contributed by atoms with E-state index in [4.69, 9.17) is 18.9 Å². The number of nitrogens with one attached hydrogen (secondary N) is 1. The molecule has 7 heteroatoms. The van der Waals surface area contributed by atoms with Gasteiger partial charge >= 0.3 is 0 Å². The summed E-state index contributed by atoms with van der Waals surface area (Å²) < 4.78 is 22.6. The average molecular weight is 437 g/mol. The monoisotopic (exact) mass is 436 g/mol. The first-order valence-electron chi connectivity index (χ1n) is 10.8. The third-order valence-electron chi connectivity index (χ3n) is 4.81. The van der Waals surface area contributed by atoms with Crippen LogP contribution in [0.1, 0.15) is 25.3 Å². The van der Waals surface area contributed by atoms with Crippen molar-refractivity contribution in [1.82, 2.24) is 5.32 Å². The molecule has 1 heterocycles. The van der Waals surface area contributed by atoms with E-state index in [2.05, 4.69) is 5.32 Å². The SMILES string of the molecule is CCOc1cc(/C=C(\C#N)C(=O)NCC2CCCO2)ccc1OCCOc1ccccc1. The molecular weight excluding hydrogens is 408 g/mol. The summed E-state index contributed by atoms with van der Waals surface area (Å²) in [5, 5.41) is 12.2. The normalized spacial score (nSPS) is 15.6. The highest BCUT2D eigenvalue weighted by atomic mass is 16.5. The minimum atomic E-state index is -0.417. The molecule has 0 bridgehead atoms. The van der Waals surface area contributed by atoms with Gasteiger partial charge in [0.25, 0.3) is 5.91 Å². The first-order valence-corrected chi connectivity index (χ1v) is 10.8. The summed E-state index contributed by atoms with van der Waals surface area (Å²) in [6, 6.07) is 16.8. The third-order valence-corrected chi connectivity index (χ3v) is 4.81. The molecule has 2 aromatic carbocycles. The maximum absolute atomic E-state index is 12.4. The van der Waals surface area contributed by atoms with Crippen LogP contribution in [0.4, 0.5) is 0 Å². The van der Waals surface area contributed by atoms with Crippen molar-refractivity contribution in [2.45, 2.75) is 25.9 Å². The number of hydrogen-bond donors (Lipinski definition) is 1. The van der Waals surface area contributed by atoms with Crippen molar-refractivity contribution in [3.8, 4) is 23.3 Å². The Hall–Kier alpha value is -3.50. The Balaban J connectivity index is 1.60. The summed E-state index contributed by atoms with van der Waals surface area (Å²) in [6.45, 7) is 4.19. The van der Waals surface area contributed by atoms with Crippen molar-refractivity contribution in [3.05, 3.63) is 59.7 Å². The molecule has 1 aliphatic rings. The highest BCUT2D eigenvalue weighted by molar-refractivity contribution is 6.01. The van der Waals surface area contributed by atoms with Crippen molar-refractivity contribution in [2.24, 2.45) is 0 Å². The predicted octanol–water partition coefficient (Wildman–Crippen LogP) is 3.75. The van der Waals surface area contributed by atoms with Crippen LogP contribution >= 0.6 is 0 Å². The van der Waals surface area contributed by atoms with Crippen LogP contribution in [0.5, 0.6) is 17.2 Å². The molecule has 1 aliphatic heterocycles. The summed E-state index contributed by atoms with van der Waals surface area (Å²) in [5.41, 5.74) is 0.695. The van der Waals surface area contributed by atoms with E-state index in [9.17, 15) is 10.1 Å². The van der Waals surface area contributed by atoms with Crippen LogP contribution in [0, 0.1) is 11.3 Å². The standard InChI is InChI=1S/C25H28N2O5/c1-2-29-24-16-19(15-20(17-26)25(28)27-18-22-9-6-12-30-22)10-11-23(24)32-14-13-31-21-7-4-3-5-8-21/h3-5,7-8,10-11,15-16,22H,2,6,9,12-14,18H2,1H3,(H,27,28)/b20-15+. The lowest BCUT2D eigenvalue weighted by Crippen LogP contribution is -2.32. The zero-order chi connectivity index (χ0) is 22.6. The Morgan fingerprint density at radius 3 is 2.69 bits per heavy atom. The van der Waals surface area contributed by atoms with Crippen molar-refractivity contribution in [3.63, 3.8) is 0 Å². The Morgan fingerprint density at radius 1 is 1.16 bits per heavy atom. The number of hydrogen-bond acceptors (Lipinski definition) is 6. The highest BCUT2D eigenvalue weighted by Crippen LogP contribution is 2.29. The number of nitriles is 1. The van der Waals surface area contributed by atoms with Crippen LogP contribution in [-0.4, -0.2) is 45.0 Å². The summed E-state index contributed by atoms with van der Waals surface area (Å²) in [5.74, 6) is 1.47. The highest BCUT2D eigenvalue weighted by Gasteiger charge is 2.18. The average Bonchev–Trinajstić information content (AvgIpc) is 3.34. The van der Waals surface area contributed by atoms with E-state index in [1.807, 2.05) is 43.3 Å². The molecule has 1 saturated heterocycles. The summed E-state index contributed by atoms with van der Waals surface area (Å²) in [6.07, 6.45) is 3.47. The van der Waals surface area contributed by atoms with Crippen LogP contribution in [0.3, 0.4) is 0 Å². The fourth-order valence-corrected chi connectivity index (χ4v) is 3.25. The second-order valence-electron chi connectivity index (χ2n) is 7.16. The quantitative estimate of drug-likeness (QED) is 0.328. The van der Waals surface area contributed by atoms with Crippen LogP contribution in [0.25, 0.3) is 6.08 Å². The topological polar surface area (TPSA) is 89.8 Å². The molecule has 0 spiro atoms. The number of nitrogens with zero attached hydrogens (tertiary/aromatic N) is 1. The summed E-state index contributed by atoms with van der Waals surface area (Å²) in [7, 11) is 0. The van der Waals surface area contributed by atoms with Gasteiger partial charge in [0.1, 0.15) is 30.6 Å². The van der Waals surface area contributed by atoms with E-state index < -0.39 is 5.91 Å².